The number of imidazole rings is 1. The smallest absolute Gasteiger partial charge is 0.230 e. The van der Waals surface area contributed by atoms with Gasteiger partial charge in [-0.1, -0.05) is 24.3 Å². The number of fused-ring (bicyclic) bond motifs is 1. The predicted molar refractivity (Wildman–Crippen MR) is 89.7 cm³/mol. The third kappa shape index (κ3) is 3.53. The van der Waals surface area contributed by atoms with Gasteiger partial charge in [0.15, 0.2) is 0 Å². The number of nitrogens with zero attached hydrogens (tertiary/aromatic N) is 2. The molecule has 2 aromatic carbocycles. The fourth-order valence-corrected chi connectivity index (χ4v) is 3.06. The van der Waals surface area contributed by atoms with Crippen molar-refractivity contribution in [3.63, 3.8) is 0 Å². The molecule has 0 aliphatic heterocycles. The van der Waals surface area contributed by atoms with E-state index in [9.17, 15) is 9.18 Å². The van der Waals surface area contributed by atoms with E-state index in [0.29, 0.717) is 11.4 Å². The number of benzene rings is 2. The Labute approximate surface area is 137 Å². The maximum atomic E-state index is 13.5. The average Bonchev–Trinajstić information content (AvgIpc) is 2.89. The Kier molecular flexibility index (Phi) is 4.62. The summed E-state index contributed by atoms with van der Waals surface area (Å²) in [5, 5.41) is 2.82. The van der Waals surface area contributed by atoms with Gasteiger partial charge in [0, 0.05) is 11.9 Å². The van der Waals surface area contributed by atoms with Crippen LogP contribution < -0.4 is 5.32 Å². The standard InChI is InChI=1S/C17H16FN3OS/c1-21-14-8-4-3-7-13(14)20-16(21)10-19-17(22)11-23-15-9-5-2-6-12(15)18/h2-9H,10-11H2,1H3,(H,19,22). The molecule has 0 saturated heterocycles. The van der Waals surface area contributed by atoms with Crippen LogP contribution in [0.15, 0.2) is 53.4 Å². The summed E-state index contributed by atoms with van der Waals surface area (Å²) < 4.78 is 15.5. The van der Waals surface area contributed by atoms with Crippen molar-refractivity contribution in [2.24, 2.45) is 7.05 Å². The predicted octanol–water partition coefficient (Wildman–Crippen LogP) is 3.12. The molecule has 3 aromatic rings. The summed E-state index contributed by atoms with van der Waals surface area (Å²) in [6.07, 6.45) is 0. The van der Waals surface area contributed by atoms with Crippen molar-refractivity contribution in [2.75, 3.05) is 5.75 Å². The molecule has 1 amide bonds. The second-order valence-electron chi connectivity index (χ2n) is 5.07. The molecule has 4 nitrogen and oxygen atoms in total. The molecule has 0 atom stereocenters. The molecule has 0 saturated carbocycles. The van der Waals surface area contributed by atoms with Crippen LogP contribution in [0, 0.1) is 5.82 Å². The van der Waals surface area contributed by atoms with Gasteiger partial charge < -0.3 is 9.88 Å². The highest BCUT2D eigenvalue weighted by atomic mass is 32.2. The van der Waals surface area contributed by atoms with Crippen molar-refractivity contribution >= 4 is 28.7 Å². The highest BCUT2D eigenvalue weighted by Gasteiger charge is 2.10. The van der Waals surface area contributed by atoms with Crippen molar-refractivity contribution < 1.29 is 9.18 Å². The number of nitrogens with one attached hydrogen (secondary N) is 1. The van der Waals surface area contributed by atoms with Crippen LogP contribution in [0.5, 0.6) is 0 Å². The number of para-hydroxylation sites is 2. The number of carbonyl (C=O) groups is 1. The molecule has 1 N–H and O–H groups in total. The van der Waals surface area contributed by atoms with Crippen LogP contribution in [0.1, 0.15) is 5.82 Å². The number of halogens is 1. The summed E-state index contributed by atoms with van der Waals surface area (Å²) in [6.45, 7) is 0.349. The topological polar surface area (TPSA) is 46.9 Å². The zero-order chi connectivity index (χ0) is 16.2. The summed E-state index contributed by atoms with van der Waals surface area (Å²) in [5.74, 6) is 0.506. The van der Waals surface area contributed by atoms with E-state index < -0.39 is 0 Å². The fourth-order valence-electron chi connectivity index (χ4n) is 2.29. The second kappa shape index (κ2) is 6.83. The Morgan fingerprint density at radius 1 is 1.22 bits per heavy atom. The van der Waals surface area contributed by atoms with Gasteiger partial charge in [0.1, 0.15) is 11.6 Å². The molecule has 3 rings (SSSR count). The summed E-state index contributed by atoms with van der Waals surface area (Å²) in [7, 11) is 1.92. The van der Waals surface area contributed by atoms with E-state index in [1.807, 2.05) is 35.9 Å². The third-order valence-electron chi connectivity index (χ3n) is 3.52. The van der Waals surface area contributed by atoms with Crippen molar-refractivity contribution in [2.45, 2.75) is 11.4 Å². The first-order valence-corrected chi connectivity index (χ1v) is 8.18. The van der Waals surface area contributed by atoms with E-state index in [2.05, 4.69) is 10.3 Å². The number of aromatic nitrogens is 2. The molecule has 0 aliphatic carbocycles. The monoisotopic (exact) mass is 329 g/mol. The van der Waals surface area contributed by atoms with E-state index in [1.165, 1.54) is 17.8 Å². The van der Waals surface area contributed by atoms with Gasteiger partial charge in [-0.25, -0.2) is 9.37 Å². The molecule has 0 bridgehead atoms. The lowest BCUT2D eigenvalue weighted by atomic mass is 10.3. The summed E-state index contributed by atoms with van der Waals surface area (Å²) in [4.78, 5) is 16.9. The minimum absolute atomic E-state index is 0.148. The van der Waals surface area contributed by atoms with E-state index in [4.69, 9.17) is 0 Å². The SMILES string of the molecule is Cn1c(CNC(=O)CSc2ccccc2F)nc2ccccc21. The molecular weight excluding hydrogens is 313 g/mol. The molecule has 118 valence electrons. The number of aryl methyl sites for hydroxylation is 1. The molecule has 0 spiro atoms. The third-order valence-corrected chi connectivity index (χ3v) is 4.57. The quantitative estimate of drug-likeness (QED) is 0.732. The van der Waals surface area contributed by atoms with E-state index in [1.54, 1.807) is 18.2 Å². The van der Waals surface area contributed by atoms with Gasteiger partial charge in [-0.15, -0.1) is 11.8 Å². The number of hydrogen-bond acceptors (Lipinski definition) is 3. The number of thioether (sulfide) groups is 1. The number of hydrogen-bond donors (Lipinski definition) is 1. The average molecular weight is 329 g/mol. The van der Waals surface area contributed by atoms with Crippen LogP contribution in [0.25, 0.3) is 11.0 Å². The Balaban J connectivity index is 1.58. The second-order valence-corrected chi connectivity index (χ2v) is 6.09. The molecule has 0 unspecified atom stereocenters. The molecule has 23 heavy (non-hydrogen) atoms. The minimum Gasteiger partial charge on any atom is -0.348 e. The van der Waals surface area contributed by atoms with Gasteiger partial charge in [-0.05, 0) is 24.3 Å². The van der Waals surface area contributed by atoms with E-state index >= 15 is 0 Å². The van der Waals surface area contributed by atoms with Crippen LogP contribution in [0.2, 0.25) is 0 Å². The fraction of sp³-hybridized carbons (Fsp3) is 0.176. The van der Waals surface area contributed by atoms with Crippen molar-refractivity contribution in [1.29, 1.82) is 0 Å². The first-order chi connectivity index (χ1) is 11.1. The van der Waals surface area contributed by atoms with Crippen molar-refractivity contribution in [1.82, 2.24) is 14.9 Å². The molecule has 0 fully saturated rings. The van der Waals surface area contributed by atoms with Gasteiger partial charge in [-0.3, -0.25) is 4.79 Å². The van der Waals surface area contributed by atoms with Crippen molar-refractivity contribution in [3.8, 4) is 0 Å². The minimum atomic E-state index is -0.305. The highest BCUT2D eigenvalue weighted by molar-refractivity contribution is 8.00. The zero-order valence-electron chi connectivity index (χ0n) is 12.6. The Hall–Kier alpha value is -2.34. The molecule has 6 heteroatoms. The Bertz CT molecular complexity index is 847. The van der Waals surface area contributed by atoms with E-state index in [0.717, 1.165) is 16.9 Å². The number of carbonyl (C=O) groups excluding carboxylic acids is 1. The van der Waals surface area contributed by atoms with Crippen LogP contribution >= 0.6 is 11.8 Å². The summed E-state index contributed by atoms with van der Waals surface area (Å²) in [6, 6.07) is 14.3. The molecular formula is C17H16FN3OS. The largest absolute Gasteiger partial charge is 0.348 e. The van der Waals surface area contributed by atoms with Crippen molar-refractivity contribution in [3.05, 3.63) is 60.2 Å². The van der Waals surface area contributed by atoms with Gasteiger partial charge in [0.05, 0.1) is 23.3 Å². The van der Waals surface area contributed by atoms with Gasteiger partial charge in [0.25, 0.3) is 0 Å². The number of rotatable bonds is 5. The Morgan fingerprint density at radius 3 is 2.74 bits per heavy atom. The van der Waals surface area contributed by atoms with Crippen LogP contribution in [0.4, 0.5) is 4.39 Å². The lowest BCUT2D eigenvalue weighted by molar-refractivity contribution is -0.118. The van der Waals surface area contributed by atoms with Crippen LogP contribution in [-0.4, -0.2) is 21.2 Å². The van der Waals surface area contributed by atoms with Crippen LogP contribution in [-0.2, 0) is 18.4 Å². The Morgan fingerprint density at radius 2 is 1.96 bits per heavy atom. The lowest BCUT2D eigenvalue weighted by Gasteiger charge is -2.06. The zero-order valence-corrected chi connectivity index (χ0v) is 13.4. The van der Waals surface area contributed by atoms with Gasteiger partial charge >= 0.3 is 0 Å². The summed E-state index contributed by atoms with van der Waals surface area (Å²) in [5.41, 5.74) is 1.93. The number of amides is 1. The van der Waals surface area contributed by atoms with Gasteiger partial charge in [0.2, 0.25) is 5.91 Å². The molecule has 0 radical (unpaired) electrons. The van der Waals surface area contributed by atoms with Gasteiger partial charge in [-0.2, -0.15) is 0 Å². The highest BCUT2D eigenvalue weighted by Crippen LogP contribution is 2.20. The first kappa shape index (κ1) is 15.6. The molecule has 1 aromatic heterocycles. The lowest BCUT2D eigenvalue weighted by Crippen LogP contribution is -2.26. The van der Waals surface area contributed by atoms with E-state index in [-0.39, 0.29) is 17.5 Å². The maximum Gasteiger partial charge on any atom is 0.230 e. The van der Waals surface area contributed by atoms with Crippen LogP contribution in [0.3, 0.4) is 0 Å². The molecule has 0 aliphatic rings. The molecule has 1 heterocycles. The normalized spacial score (nSPS) is 10.9. The first-order valence-electron chi connectivity index (χ1n) is 7.19. The summed E-state index contributed by atoms with van der Waals surface area (Å²) >= 11 is 1.19. The maximum absolute atomic E-state index is 13.5.